The van der Waals surface area contributed by atoms with E-state index in [0.29, 0.717) is 10.6 Å². The number of amidine groups is 1. The summed E-state index contributed by atoms with van der Waals surface area (Å²) in [5.41, 5.74) is 7.33. The van der Waals surface area contributed by atoms with Gasteiger partial charge in [0.2, 0.25) is 0 Å². The highest BCUT2D eigenvalue weighted by Crippen LogP contribution is 2.32. The molecule has 1 fully saturated rings. The number of benzene rings is 1. The van der Waals surface area contributed by atoms with Gasteiger partial charge in [-0.15, -0.1) is 0 Å². The molecule has 0 bridgehead atoms. The average molecular weight is 282 g/mol. The van der Waals surface area contributed by atoms with E-state index in [1.165, 1.54) is 19.3 Å². The molecular formula is C14H20ClN3O. The zero-order chi connectivity index (χ0) is 13.8. The second-order valence-corrected chi connectivity index (χ2v) is 5.42. The summed E-state index contributed by atoms with van der Waals surface area (Å²) in [4.78, 5) is 2.28. The van der Waals surface area contributed by atoms with Gasteiger partial charge >= 0.3 is 0 Å². The highest BCUT2D eigenvalue weighted by Gasteiger charge is 2.25. The molecule has 1 aliphatic heterocycles. The molecule has 19 heavy (non-hydrogen) atoms. The van der Waals surface area contributed by atoms with Crippen molar-refractivity contribution in [2.75, 3.05) is 18.0 Å². The van der Waals surface area contributed by atoms with Crippen LogP contribution in [0.15, 0.2) is 23.4 Å². The van der Waals surface area contributed by atoms with Crippen LogP contribution in [-0.4, -0.2) is 24.1 Å². The van der Waals surface area contributed by atoms with Gasteiger partial charge in [0.15, 0.2) is 5.84 Å². The monoisotopic (exact) mass is 281 g/mol. The van der Waals surface area contributed by atoms with Gasteiger partial charge < -0.3 is 15.8 Å². The number of hydrogen-bond donors (Lipinski definition) is 2. The molecule has 4 nitrogen and oxygen atoms in total. The summed E-state index contributed by atoms with van der Waals surface area (Å²) < 4.78 is 0. The van der Waals surface area contributed by atoms with Crippen molar-refractivity contribution < 1.29 is 5.21 Å². The van der Waals surface area contributed by atoms with Crippen LogP contribution in [0.25, 0.3) is 0 Å². The molecule has 1 aromatic rings. The average Bonchev–Trinajstić information content (AvgIpc) is 2.86. The summed E-state index contributed by atoms with van der Waals surface area (Å²) in [5.74, 6) is 0.795. The fraction of sp³-hybridized carbons (Fsp3) is 0.500. The maximum atomic E-state index is 8.90. The summed E-state index contributed by atoms with van der Waals surface area (Å²) in [6, 6.07) is 5.64. The van der Waals surface area contributed by atoms with Crippen LogP contribution in [-0.2, 0) is 0 Å². The van der Waals surface area contributed by atoms with Crippen molar-refractivity contribution in [3.05, 3.63) is 28.8 Å². The number of halogens is 1. The molecule has 0 saturated carbocycles. The summed E-state index contributed by atoms with van der Waals surface area (Å²) in [6.07, 6.45) is 3.65. The normalized spacial score (nSPS) is 20.0. The third kappa shape index (κ3) is 2.95. The first-order valence-corrected chi connectivity index (χ1v) is 7.06. The molecule has 0 spiro atoms. The molecule has 1 atom stereocenters. The molecule has 5 heteroatoms. The summed E-state index contributed by atoms with van der Waals surface area (Å²) in [5, 5.41) is 12.5. The molecule has 0 radical (unpaired) electrons. The van der Waals surface area contributed by atoms with E-state index in [1.807, 2.05) is 12.1 Å². The molecule has 1 aliphatic rings. The molecule has 0 aliphatic carbocycles. The third-order valence-electron chi connectivity index (χ3n) is 3.68. The SMILES string of the molecule is CCCC1CCN(c2cccc(Cl)c2/C(N)=N/O)C1. The fourth-order valence-electron chi connectivity index (χ4n) is 2.78. The Morgan fingerprint density at radius 1 is 1.58 bits per heavy atom. The van der Waals surface area contributed by atoms with Gasteiger partial charge in [-0.05, 0) is 30.9 Å². The maximum Gasteiger partial charge on any atom is 0.173 e. The zero-order valence-electron chi connectivity index (χ0n) is 11.1. The fourth-order valence-corrected chi connectivity index (χ4v) is 3.04. The molecule has 1 heterocycles. The first-order chi connectivity index (χ1) is 9.17. The lowest BCUT2D eigenvalue weighted by Gasteiger charge is -2.22. The molecule has 0 aromatic heterocycles. The van der Waals surface area contributed by atoms with E-state index in [0.717, 1.165) is 24.7 Å². The van der Waals surface area contributed by atoms with E-state index in [1.54, 1.807) is 6.07 Å². The maximum absolute atomic E-state index is 8.90. The lowest BCUT2D eigenvalue weighted by atomic mass is 10.0. The lowest BCUT2D eigenvalue weighted by molar-refractivity contribution is 0.318. The van der Waals surface area contributed by atoms with E-state index in [9.17, 15) is 0 Å². The second-order valence-electron chi connectivity index (χ2n) is 5.01. The van der Waals surface area contributed by atoms with Crippen molar-refractivity contribution in [1.29, 1.82) is 0 Å². The van der Waals surface area contributed by atoms with Gasteiger partial charge in [-0.2, -0.15) is 0 Å². The van der Waals surface area contributed by atoms with Gasteiger partial charge in [-0.1, -0.05) is 36.2 Å². The van der Waals surface area contributed by atoms with Crippen LogP contribution in [0.3, 0.4) is 0 Å². The molecule has 3 N–H and O–H groups in total. The first-order valence-electron chi connectivity index (χ1n) is 6.68. The van der Waals surface area contributed by atoms with Gasteiger partial charge in [0.05, 0.1) is 10.6 Å². The number of hydrogen-bond acceptors (Lipinski definition) is 3. The number of nitrogens with zero attached hydrogens (tertiary/aromatic N) is 2. The number of anilines is 1. The van der Waals surface area contributed by atoms with E-state index in [4.69, 9.17) is 22.5 Å². The van der Waals surface area contributed by atoms with Crippen LogP contribution in [0, 0.1) is 5.92 Å². The van der Waals surface area contributed by atoms with Gasteiger partial charge in [0.25, 0.3) is 0 Å². The zero-order valence-corrected chi connectivity index (χ0v) is 11.9. The number of rotatable bonds is 4. The van der Waals surface area contributed by atoms with Gasteiger partial charge in [0.1, 0.15) is 0 Å². The second kappa shape index (κ2) is 6.15. The minimum absolute atomic E-state index is 0.0690. The Labute approximate surface area is 118 Å². The van der Waals surface area contributed by atoms with Crippen LogP contribution in [0.5, 0.6) is 0 Å². The van der Waals surface area contributed by atoms with E-state index in [-0.39, 0.29) is 5.84 Å². The largest absolute Gasteiger partial charge is 0.409 e. The third-order valence-corrected chi connectivity index (χ3v) is 3.99. The Hall–Kier alpha value is -1.42. The molecule has 0 amide bonds. The van der Waals surface area contributed by atoms with Crippen molar-refractivity contribution in [3.63, 3.8) is 0 Å². The minimum Gasteiger partial charge on any atom is -0.409 e. The van der Waals surface area contributed by atoms with E-state index >= 15 is 0 Å². The van der Waals surface area contributed by atoms with Crippen molar-refractivity contribution in [2.24, 2.45) is 16.8 Å². The predicted octanol–water partition coefficient (Wildman–Crippen LogP) is 3.06. The molecule has 1 aromatic carbocycles. The minimum atomic E-state index is 0.0690. The molecule has 1 saturated heterocycles. The predicted molar refractivity (Wildman–Crippen MR) is 79.2 cm³/mol. The Balaban J connectivity index is 2.28. The van der Waals surface area contributed by atoms with Crippen molar-refractivity contribution in [1.82, 2.24) is 0 Å². The van der Waals surface area contributed by atoms with Crippen LogP contribution in [0.1, 0.15) is 31.7 Å². The Morgan fingerprint density at radius 3 is 3.05 bits per heavy atom. The van der Waals surface area contributed by atoms with Crippen molar-refractivity contribution in [2.45, 2.75) is 26.2 Å². The van der Waals surface area contributed by atoms with Crippen LogP contribution in [0.4, 0.5) is 5.69 Å². The Kier molecular flexibility index (Phi) is 4.53. The van der Waals surface area contributed by atoms with E-state index in [2.05, 4.69) is 17.0 Å². The summed E-state index contributed by atoms with van der Waals surface area (Å²) >= 11 is 6.18. The molecule has 104 valence electrons. The van der Waals surface area contributed by atoms with Crippen LogP contribution >= 0.6 is 11.6 Å². The standard InChI is InChI=1S/C14H20ClN3O/c1-2-4-10-7-8-18(9-10)12-6-3-5-11(15)13(12)14(16)17-19/h3,5-6,10,19H,2,4,7-9H2,1H3,(H2,16,17). The summed E-state index contributed by atoms with van der Waals surface area (Å²) in [6.45, 7) is 4.22. The highest BCUT2D eigenvalue weighted by molar-refractivity contribution is 6.34. The molecular weight excluding hydrogens is 262 g/mol. The number of oxime groups is 1. The number of nitrogens with two attached hydrogens (primary N) is 1. The summed E-state index contributed by atoms with van der Waals surface area (Å²) in [7, 11) is 0. The quantitative estimate of drug-likeness (QED) is 0.386. The van der Waals surface area contributed by atoms with Gasteiger partial charge in [-0.25, -0.2) is 0 Å². The topological polar surface area (TPSA) is 61.8 Å². The lowest BCUT2D eigenvalue weighted by Crippen LogP contribution is -2.25. The first kappa shape index (κ1) is 14.0. The van der Waals surface area contributed by atoms with E-state index < -0.39 is 0 Å². The smallest absolute Gasteiger partial charge is 0.173 e. The van der Waals surface area contributed by atoms with Crippen LogP contribution in [0.2, 0.25) is 5.02 Å². The molecule has 1 unspecified atom stereocenters. The van der Waals surface area contributed by atoms with Gasteiger partial charge in [0, 0.05) is 18.8 Å². The van der Waals surface area contributed by atoms with Crippen molar-refractivity contribution >= 4 is 23.1 Å². The Bertz CT molecular complexity index is 476. The van der Waals surface area contributed by atoms with Crippen LogP contribution < -0.4 is 10.6 Å². The van der Waals surface area contributed by atoms with Gasteiger partial charge in [-0.3, -0.25) is 0 Å². The van der Waals surface area contributed by atoms with Crippen molar-refractivity contribution in [3.8, 4) is 0 Å². The highest BCUT2D eigenvalue weighted by atomic mass is 35.5. The Morgan fingerprint density at radius 2 is 2.37 bits per heavy atom. The molecule has 2 rings (SSSR count).